The molecule has 3 nitrogen and oxygen atoms in total. The van der Waals surface area contributed by atoms with Crippen LogP contribution >= 0.6 is 0 Å². The van der Waals surface area contributed by atoms with Gasteiger partial charge in [0.1, 0.15) is 11.5 Å². The van der Waals surface area contributed by atoms with Gasteiger partial charge in [-0.1, -0.05) is 18.2 Å². The average Bonchev–Trinajstić information content (AvgIpc) is 2.60. The van der Waals surface area contributed by atoms with Gasteiger partial charge in [-0.15, -0.1) is 0 Å². The number of benzene rings is 1. The second-order valence-corrected chi connectivity index (χ2v) is 3.49. The Morgan fingerprint density at radius 1 is 1.27 bits per heavy atom. The van der Waals surface area contributed by atoms with Crippen molar-refractivity contribution in [2.45, 2.75) is 20.5 Å². The zero-order valence-corrected chi connectivity index (χ0v) is 8.82. The largest absolute Gasteiger partial charge is 0.441 e. The van der Waals surface area contributed by atoms with Crippen LogP contribution in [0.3, 0.4) is 0 Å². The van der Waals surface area contributed by atoms with E-state index in [9.17, 15) is 0 Å². The molecule has 3 heteroatoms. The van der Waals surface area contributed by atoms with E-state index in [4.69, 9.17) is 9.52 Å². The Morgan fingerprint density at radius 3 is 2.60 bits per heavy atom. The summed E-state index contributed by atoms with van der Waals surface area (Å²) in [4.78, 5) is 4.24. The Bertz CT molecular complexity index is 474. The molecule has 0 fully saturated rings. The molecule has 0 saturated carbocycles. The Kier molecular flexibility index (Phi) is 2.56. The van der Waals surface area contributed by atoms with Gasteiger partial charge in [0.15, 0.2) is 0 Å². The van der Waals surface area contributed by atoms with Crippen molar-refractivity contribution in [1.29, 1.82) is 0 Å². The van der Waals surface area contributed by atoms with Crippen LogP contribution in [0.2, 0.25) is 0 Å². The molecular weight excluding hydrogens is 190 g/mol. The normalized spacial score (nSPS) is 10.6. The van der Waals surface area contributed by atoms with E-state index in [0.29, 0.717) is 17.3 Å². The Morgan fingerprint density at radius 2 is 2.00 bits per heavy atom. The van der Waals surface area contributed by atoms with Crippen molar-refractivity contribution >= 4 is 0 Å². The summed E-state index contributed by atoms with van der Waals surface area (Å²) in [6.45, 7) is 3.73. The molecule has 0 aliphatic carbocycles. The first-order valence-electron chi connectivity index (χ1n) is 4.85. The van der Waals surface area contributed by atoms with Crippen molar-refractivity contribution in [3.8, 4) is 11.5 Å². The third-order valence-electron chi connectivity index (χ3n) is 2.42. The highest BCUT2D eigenvalue weighted by atomic mass is 16.4. The van der Waals surface area contributed by atoms with Crippen LogP contribution in [0.1, 0.15) is 17.0 Å². The molecule has 0 radical (unpaired) electrons. The molecule has 1 N–H and O–H groups in total. The lowest BCUT2D eigenvalue weighted by atomic mass is 10.1. The maximum absolute atomic E-state index is 9.03. The first-order valence-corrected chi connectivity index (χ1v) is 4.85. The highest BCUT2D eigenvalue weighted by Gasteiger charge is 2.11. The maximum atomic E-state index is 9.03. The van der Waals surface area contributed by atoms with Crippen LogP contribution in [0.15, 0.2) is 28.7 Å². The van der Waals surface area contributed by atoms with E-state index in [0.717, 1.165) is 11.1 Å². The summed E-state index contributed by atoms with van der Waals surface area (Å²) >= 11 is 0. The van der Waals surface area contributed by atoms with Crippen LogP contribution in [0.5, 0.6) is 0 Å². The number of nitrogens with zero attached hydrogens (tertiary/aromatic N) is 1. The summed E-state index contributed by atoms with van der Waals surface area (Å²) < 4.78 is 5.50. The molecule has 0 amide bonds. The minimum atomic E-state index is -0.0821. The van der Waals surface area contributed by atoms with Crippen LogP contribution < -0.4 is 0 Å². The number of hydrogen-bond acceptors (Lipinski definition) is 3. The molecule has 0 bridgehead atoms. The molecule has 78 valence electrons. The molecule has 2 aromatic rings. The molecule has 0 saturated heterocycles. The highest BCUT2D eigenvalue weighted by Crippen LogP contribution is 2.24. The number of aliphatic hydroxyl groups is 1. The van der Waals surface area contributed by atoms with Crippen LogP contribution in [0.25, 0.3) is 11.5 Å². The van der Waals surface area contributed by atoms with E-state index in [1.165, 1.54) is 0 Å². The van der Waals surface area contributed by atoms with Gasteiger partial charge in [-0.05, 0) is 25.5 Å². The predicted molar refractivity (Wildman–Crippen MR) is 57.3 cm³/mol. The van der Waals surface area contributed by atoms with Gasteiger partial charge >= 0.3 is 0 Å². The zero-order valence-electron chi connectivity index (χ0n) is 8.82. The predicted octanol–water partition coefficient (Wildman–Crippen LogP) is 2.45. The van der Waals surface area contributed by atoms with E-state index < -0.39 is 0 Å². The van der Waals surface area contributed by atoms with Gasteiger partial charge in [0, 0.05) is 5.56 Å². The highest BCUT2D eigenvalue weighted by molar-refractivity contribution is 5.58. The van der Waals surface area contributed by atoms with E-state index in [2.05, 4.69) is 4.98 Å². The molecule has 15 heavy (non-hydrogen) atoms. The number of rotatable bonds is 2. The first-order chi connectivity index (χ1) is 7.22. The van der Waals surface area contributed by atoms with Gasteiger partial charge in [-0.2, -0.15) is 0 Å². The third kappa shape index (κ3) is 1.78. The molecule has 0 aliphatic rings. The topological polar surface area (TPSA) is 46.3 Å². The summed E-state index contributed by atoms with van der Waals surface area (Å²) in [5, 5.41) is 9.03. The Balaban J connectivity index is 2.50. The first kappa shape index (κ1) is 9.93. The molecule has 1 aromatic carbocycles. The second-order valence-electron chi connectivity index (χ2n) is 3.49. The van der Waals surface area contributed by atoms with E-state index in [-0.39, 0.29) is 6.61 Å². The molecule has 1 heterocycles. The van der Waals surface area contributed by atoms with Gasteiger partial charge in [-0.25, -0.2) is 4.98 Å². The maximum Gasteiger partial charge on any atom is 0.226 e. The lowest BCUT2D eigenvalue weighted by molar-refractivity contribution is 0.275. The van der Waals surface area contributed by atoms with E-state index >= 15 is 0 Å². The average molecular weight is 203 g/mol. The molecule has 2 rings (SSSR count). The SMILES string of the molecule is Cc1ccccc1-c1nc(CO)c(C)o1. The fourth-order valence-corrected chi connectivity index (χ4v) is 1.50. The van der Waals surface area contributed by atoms with Crippen LogP contribution in [0, 0.1) is 13.8 Å². The van der Waals surface area contributed by atoms with Crippen molar-refractivity contribution in [3.05, 3.63) is 41.3 Å². The van der Waals surface area contributed by atoms with Crippen LogP contribution in [0.4, 0.5) is 0 Å². The zero-order chi connectivity index (χ0) is 10.8. The summed E-state index contributed by atoms with van der Waals surface area (Å²) in [6.07, 6.45) is 0. The molecule has 0 aliphatic heterocycles. The number of hydrogen-bond donors (Lipinski definition) is 1. The summed E-state index contributed by atoms with van der Waals surface area (Å²) in [6, 6.07) is 7.89. The van der Waals surface area contributed by atoms with Crippen LogP contribution in [-0.4, -0.2) is 10.1 Å². The van der Waals surface area contributed by atoms with Crippen LogP contribution in [-0.2, 0) is 6.61 Å². The van der Waals surface area contributed by atoms with Crippen molar-refractivity contribution in [3.63, 3.8) is 0 Å². The fourth-order valence-electron chi connectivity index (χ4n) is 1.50. The van der Waals surface area contributed by atoms with Crippen molar-refractivity contribution < 1.29 is 9.52 Å². The minimum absolute atomic E-state index is 0.0821. The number of aliphatic hydroxyl groups excluding tert-OH is 1. The fraction of sp³-hybridized carbons (Fsp3) is 0.250. The smallest absolute Gasteiger partial charge is 0.226 e. The molecule has 0 atom stereocenters. The standard InChI is InChI=1S/C12H13NO2/c1-8-5-3-4-6-10(8)12-13-11(7-14)9(2)15-12/h3-6,14H,7H2,1-2H3. The molecule has 0 unspecified atom stereocenters. The Hall–Kier alpha value is -1.61. The van der Waals surface area contributed by atoms with Gasteiger partial charge in [-0.3, -0.25) is 0 Å². The number of aryl methyl sites for hydroxylation is 2. The van der Waals surface area contributed by atoms with Crippen molar-refractivity contribution in [2.24, 2.45) is 0 Å². The number of oxazole rings is 1. The van der Waals surface area contributed by atoms with Gasteiger partial charge in [0.05, 0.1) is 6.61 Å². The van der Waals surface area contributed by atoms with Gasteiger partial charge in [0.25, 0.3) is 0 Å². The third-order valence-corrected chi connectivity index (χ3v) is 2.42. The van der Waals surface area contributed by atoms with E-state index in [1.807, 2.05) is 31.2 Å². The lowest BCUT2D eigenvalue weighted by Crippen LogP contribution is -1.86. The van der Waals surface area contributed by atoms with Crippen molar-refractivity contribution in [1.82, 2.24) is 4.98 Å². The van der Waals surface area contributed by atoms with E-state index in [1.54, 1.807) is 6.92 Å². The van der Waals surface area contributed by atoms with Gasteiger partial charge < -0.3 is 9.52 Å². The lowest BCUT2D eigenvalue weighted by Gasteiger charge is -1.98. The number of aromatic nitrogens is 1. The Labute approximate surface area is 88.4 Å². The van der Waals surface area contributed by atoms with Crippen molar-refractivity contribution in [2.75, 3.05) is 0 Å². The monoisotopic (exact) mass is 203 g/mol. The molecule has 0 spiro atoms. The molecular formula is C12H13NO2. The summed E-state index contributed by atoms with van der Waals surface area (Å²) in [5.74, 6) is 1.26. The second kappa shape index (κ2) is 3.87. The molecule has 1 aromatic heterocycles. The van der Waals surface area contributed by atoms with Gasteiger partial charge in [0.2, 0.25) is 5.89 Å². The summed E-state index contributed by atoms with van der Waals surface area (Å²) in [7, 11) is 0. The minimum Gasteiger partial charge on any atom is -0.441 e. The summed E-state index contributed by atoms with van der Waals surface area (Å²) in [5.41, 5.74) is 2.69. The quantitative estimate of drug-likeness (QED) is 0.815.